The minimum absolute atomic E-state index is 0.152. The van der Waals surface area contributed by atoms with Crippen molar-refractivity contribution in [3.63, 3.8) is 0 Å². The summed E-state index contributed by atoms with van der Waals surface area (Å²) >= 11 is 5.98. The summed E-state index contributed by atoms with van der Waals surface area (Å²) < 4.78 is 1.65. The molecule has 0 radical (unpaired) electrons. The maximum Gasteiger partial charge on any atom is 0.271 e. The van der Waals surface area contributed by atoms with Crippen LogP contribution in [0.3, 0.4) is 0 Å². The second-order valence-electron chi connectivity index (χ2n) is 5.47. The Morgan fingerprint density at radius 2 is 2.13 bits per heavy atom. The lowest BCUT2D eigenvalue weighted by Gasteiger charge is -2.26. The summed E-state index contributed by atoms with van der Waals surface area (Å²) in [5, 5.41) is 11.2. The molecule has 0 spiro atoms. The van der Waals surface area contributed by atoms with Gasteiger partial charge in [0, 0.05) is 50.5 Å². The van der Waals surface area contributed by atoms with Crippen LogP contribution < -0.4 is 10.6 Å². The van der Waals surface area contributed by atoms with E-state index in [9.17, 15) is 4.79 Å². The summed E-state index contributed by atoms with van der Waals surface area (Å²) in [5.74, 6) is -0.152. The Bertz CT molecular complexity index is 666. The first-order valence-corrected chi connectivity index (χ1v) is 8.13. The fraction of sp³-hybridized carbons (Fsp3) is 0.375. The van der Waals surface area contributed by atoms with Gasteiger partial charge in [-0.25, -0.2) is 4.68 Å². The van der Waals surface area contributed by atoms with Crippen LogP contribution in [-0.4, -0.2) is 59.9 Å². The molecule has 6 nitrogen and oxygen atoms in total. The Hall–Kier alpha value is -1.89. The Labute approximate surface area is 140 Å². The third-order valence-corrected chi connectivity index (χ3v) is 4.05. The highest BCUT2D eigenvalue weighted by Crippen LogP contribution is 2.14. The van der Waals surface area contributed by atoms with Gasteiger partial charge >= 0.3 is 0 Å². The van der Waals surface area contributed by atoms with E-state index in [0.29, 0.717) is 17.3 Å². The van der Waals surface area contributed by atoms with Crippen LogP contribution in [0.2, 0.25) is 5.02 Å². The van der Waals surface area contributed by atoms with Gasteiger partial charge in [0.15, 0.2) is 5.69 Å². The van der Waals surface area contributed by atoms with E-state index in [1.54, 1.807) is 29.1 Å². The highest BCUT2D eigenvalue weighted by molar-refractivity contribution is 6.30. The Kier molecular flexibility index (Phi) is 5.27. The van der Waals surface area contributed by atoms with Crippen LogP contribution in [0.1, 0.15) is 10.5 Å². The Morgan fingerprint density at radius 1 is 1.30 bits per heavy atom. The molecule has 2 aromatic rings. The van der Waals surface area contributed by atoms with E-state index in [1.165, 1.54) is 0 Å². The zero-order valence-electron chi connectivity index (χ0n) is 12.8. The van der Waals surface area contributed by atoms with Gasteiger partial charge in [-0.05, 0) is 24.3 Å². The number of benzene rings is 1. The van der Waals surface area contributed by atoms with Gasteiger partial charge < -0.3 is 10.6 Å². The molecule has 0 unspecified atom stereocenters. The molecular formula is C16H20ClN5O. The van der Waals surface area contributed by atoms with Gasteiger partial charge in [0.1, 0.15) is 0 Å². The van der Waals surface area contributed by atoms with Crippen LogP contribution in [0.5, 0.6) is 0 Å². The molecule has 3 rings (SSSR count). The highest BCUT2D eigenvalue weighted by atomic mass is 35.5. The van der Waals surface area contributed by atoms with Crippen LogP contribution in [-0.2, 0) is 0 Å². The molecular weight excluding hydrogens is 314 g/mol. The van der Waals surface area contributed by atoms with Gasteiger partial charge in [-0.15, -0.1) is 0 Å². The summed E-state index contributed by atoms with van der Waals surface area (Å²) in [4.78, 5) is 14.5. The molecule has 2 heterocycles. The highest BCUT2D eigenvalue weighted by Gasteiger charge is 2.12. The van der Waals surface area contributed by atoms with E-state index in [2.05, 4.69) is 20.6 Å². The molecule has 1 fully saturated rings. The number of aromatic nitrogens is 2. The van der Waals surface area contributed by atoms with Crippen molar-refractivity contribution in [2.24, 2.45) is 0 Å². The summed E-state index contributed by atoms with van der Waals surface area (Å²) in [6.07, 6.45) is 1.76. The SMILES string of the molecule is O=C(NCCN1CCNCC1)c1ccn(-c2cccc(Cl)c2)n1. The second-order valence-corrected chi connectivity index (χ2v) is 5.91. The predicted octanol–water partition coefficient (Wildman–Crippen LogP) is 1.16. The molecule has 1 aliphatic rings. The Morgan fingerprint density at radius 3 is 2.91 bits per heavy atom. The van der Waals surface area contributed by atoms with Crippen molar-refractivity contribution in [3.05, 3.63) is 47.2 Å². The number of carbonyl (C=O) groups excluding carboxylic acids is 1. The molecule has 1 aromatic heterocycles. The molecule has 0 aliphatic carbocycles. The average molecular weight is 334 g/mol. The lowest BCUT2D eigenvalue weighted by Crippen LogP contribution is -2.46. The van der Waals surface area contributed by atoms with Crippen molar-refractivity contribution in [2.75, 3.05) is 39.3 Å². The third-order valence-electron chi connectivity index (χ3n) is 3.82. The van der Waals surface area contributed by atoms with Gasteiger partial charge in [0.2, 0.25) is 0 Å². The fourth-order valence-corrected chi connectivity index (χ4v) is 2.74. The fourth-order valence-electron chi connectivity index (χ4n) is 2.56. The van der Waals surface area contributed by atoms with Crippen molar-refractivity contribution in [1.82, 2.24) is 25.3 Å². The zero-order chi connectivity index (χ0) is 16.1. The van der Waals surface area contributed by atoms with Crippen molar-refractivity contribution >= 4 is 17.5 Å². The van der Waals surface area contributed by atoms with Crippen LogP contribution in [0.4, 0.5) is 0 Å². The van der Waals surface area contributed by atoms with Gasteiger partial charge in [0.25, 0.3) is 5.91 Å². The van der Waals surface area contributed by atoms with Crippen LogP contribution >= 0.6 is 11.6 Å². The summed E-state index contributed by atoms with van der Waals surface area (Å²) in [7, 11) is 0. The van der Waals surface area contributed by atoms with Gasteiger partial charge in [0.05, 0.1) is 5.69 Å². The minimum atomic E-state index is -0.152. The molecule has 0 atom stereocenters. The number of hydrogen-bond acceptors (Lipinski definition) is 4. The van der Waals surface area contributed by atoms with Crippen LogP contribution in [0, 0.1) is 0 Å². The number of nitrogens with one attached hydrogen (secondary N) is 2. The van der Waals surface area contributed by atoms with Crippen molar-refractivity contribution < 1.29 is 4.79 Å². The molecule has 0 saturated carbocycles. The van der Waals surface area contributed by atoms with Gasteiger partial charge in [-0.3, -0.25) is 9.69 Å². The number of amides is 1. The second kappa shape index (κ2) is 7.59. The van der Waals surface area contributed by atoms with Gasteiger partial charge in [-0.1, -0.05) is 17.7 Å². The molecule has 2 N–H and O–H groups in total. The molecule has 1 aromatic carbocycles. The van der Waals surface area contributed by atoms with E-state index in [4.69, 9.17) is 11.6 Å². The first kappa shape index (κ1) is 16.0. The van der Waals surface area contributed by atoms with E-state index in [1.807, 2.05) is 12.1 Å². The monoisotopic (exact) mass is 333 g/mol. The molecule has 122 valence electrons. The number of nitrogens with zero attached hydrogens (tertiary/aromatic N) is 3. The summed E-state index contributed by atoms with van der Waals surface area (Å²) in [6.45, 7) is 5.57. The van der Waals surface area contributed by atoms with Crippen molar-refractivity contribution in [1.29, 1.82) is 0 Å². The average Bonchev–Trinajstić information content (AvgIpc) is 3.06. The first-order valence-electron chi connectivity index (χ1n) is 7.75. The van der Waals surface area contributed by atoms with E-state index >= 15 is 0 Å². The van der Waals surface area contributed by atoms with E-state index in [-0.39, 0.29) is 5.91 Å². The molecule has 1 amide bonds. The predicted molar refractivity (Wildman–Crippen MR) is 90.2 cm³/mol. The number of hydrogen-bond donors (Lipinski definition) is 2. The number of piperazine rings is 1. The Balaban J connectivity index is 1.54. The first-order chi connectivity index (χ1) is 11.2. The van der Waals surface area contributed by atoms with Crippen molar-refractivity contribution in [2.45, 2.75) is 0 Å². The summed E-state index contributed by atoms with van der Waals surface area (Å²) in [6, 6.07) is 9.07. The smallest absolute Gasteiger partial charge is 0.271 e. The number of rotatable bonds is 5. The largest absolute Gasteiger partial charge is 0.349 e. The quantitative estimate of drug-likeness (QED) is 0.862. The number of carbonyl (C=O) groups is 1. The standard InChI is InChI=1S/C16H20ClN5O/c17-13-2-1-3-14(12-13)22-8-4-15(20-22)16(23)19-7-11-21-9-5-18-6-10-21/h1-4,8,12,18H,5-7,9-11H2,(H,19,23). The molecule has 1 aliphatic heterocycles. The molecule has 1 saturated heterocycles. The normalized spacial score (nSPS) is 15.5. The van der Waals surface area contributed by atoms with E-state index < -0.39 is 0 Å². The summed E-state index contributed by atoms with van der Waals surface area (Å²) in [5.41, 5.74) is 1.24. The van der Waals surface area contributed by atoms with Crippen molar-refractivity contribution in [3.8, 4) is 5.69 Å². The zero-order valence-corrected chi connectivity index (χ0v) is 13.6. The maximum absolute atomic E-state index is 12.2. The minimum Gasteiger partial charge on any atom is -0.349 e. The van der Waals surface area contributed by atoms with Crippen LogP contribution in [0.15, 0.2) is 36.5 Å². The molecule has 7 heteroatoms. The third kappa shape index (κ3) is 4.31. The molecule has 0 bridgehead atoms. The number of halogens is 1. The van der Waals surface area contributed by atoms with Crippen LogP contribution in [0.25, 0.3) is 5.69 Å². The molecule has 23 heavy (non-hydrogen) atoms. The van der Waals surface area contributed by atoms with Gasteiger partial charge in [-0.2, -0.15) is 5.10 Å². The lowest BCUT2D eigenvalue weighted by atomic mass is 10.3. The lowest BCUT2D eigenvalue weighted by molar-refractivity contribution is 0.0942. The topological polar surface area (TPSA) is 62.2 Å². The van der Waals surface area contributed by atoms with E-state index in [0.717, 1.165) is 38.4 Å². The maximum atomic E-state index is 12.2.